The molecule has 0 spiro atoms. The summed E-state index contributed by atoms with van der Waals surface area (Å²) in [5.41, 5.74) is 2.66. The van der Waals surface area contributed by atoms with Crippen LogP contribution in [0.1, 0.15) is 38.1 Å². The topological polar surface area (TPSA) is 126 Å². The summed E-state index contributed by atoms with van der Waals surface area (Å²) in [6.07, 6.45) is 2.59. The van der Waals surface area contributed by atoms with Crippen molar-refractivity contribution in [2.45, 2.75) is 38.6 Å². The van der Waals surface area contributed by atoms with Gasteiger partial charge in [-0.1, -0.05) is 33.8 Å². The molecule has 29 heavy (non-hydrogen) atoms. The van der Waals surface area contributed by atoms with Gasteiger partial charge in [-0.15, -0.1) is 5.10 Å². The predicted octanol–water partition coefficient (Wildman–Crippen LogP) is 0.833. The number of hydrogen-bond donors (Lipinski definition) is 2. The lowest BCUT2D eigenvalue weighted by Crippen LogP contribution is -2.48. The average molecular weight is 423 g/mol. The molecule has 10 nitrogen and oxygen atoms in total. The fraction of sp³-hybridized carbons (Fsp3) is 0.444. The number of nitrogens with zero attached hydrogens (tertiary/aromatic N) is 4. The molecule has 0 fully saturated rings. The van der Waals surface area contributed by atoms with Crippen LogP contribution in [0.5, 0.6) is 0 Å². The Balaban J connectivity index is 2.21. The van der Waals surface area contributed by atoms with E-state index in [9.17, 15) is 18.0 Å². The number of hydrogen-bond acceptors (Lipinski definition) is 6. The Labute approximate surface area is 170 Å². The van der Waals surface area contributed by atoms with Crippen molar-refractivity contribution in [3.8, 4) is 0 Å². The molecule has 0 aliphatic carbocycles. The lowest BCUT2D eigenvalue weighted by Gasteiger charge is -2.22. The first-order valence-corrected chi connectivity index (χ1v) is 10.7. The number of carbonyl (C=O) groups excluding carboxylic acids is 2. The second kappa shape index (κ2) is 9.61. The summed E-state index contributed by atoms with van der Waals surface area (Å²) in [6, 6.07) is 4.92. The SMILES string of the molecule is CCN(CC)S(=O)(=O)c1cccc(C(=O)NC(C(=O)Nn2cncn2)C(C)C)c1. The Hall–Kier alpha value is -2.79. The monoisotopic (exact) mass is 422 g/mol. The summed E-state index contributed by atoms with van der Waals surface area (Å²) in [5, 5.41) is 6.46. The van der Waals surface area contributed by atoms with Crippen LogP contribution in [0.4, 0.5) is 0 Å². The molecule has 0 aliphatic rings. The number of sulfonamides is 1. The second-order valence-corrected chi connectivity index (χ2v) is 8.57. The third kappa shape index (κ3) is 5.39. The molecule has 1 atom stereocenters. The van der Waals surface area contributed by atoms with Crippen LogP contribution in [-0.4, -0.2) is 58.5 Å². The predicted molar refractivity (Wildman–Crippen MR) is 107 cm³/mol. The van der Waals surface area contributed by atoms with Crippen molar-refractivity contribution in [1.82, 2.24) is 24.5 Å². The fourth-order valence-electron chi connectivity index (χ4n) is 2.72. The molecule has 11 heteroatoms. The Morgan fingerprint density at radius 3 is 2.45 bits per heavy atom. The van der Waals surface area contributed by atoms with Crippen LogP contribution >= 0.6 is 0 Å². The number of benzene rings is 1. The van der Waals surface area contributed by atoms with Gasteiger partial charge >= 0.3 is 0 Å². The van der Waals surface area contributed by atoms with E-state index in [1.54, 1.807) is 27.7 Å². The minimum Gasteiger partial charge on any atom is -0.340 e. The lowest BCUT2D eigenvalue weighted by atomic mass is 10.0. The molecule has 0 saturated carbocycles. The van der Waals surface area contributed by atoms with E-state index in [-0.39, 0.29) is 16.4 Å². The van der Waals surface area contributed by atoms with E-state index < -0.39 is 27.9 Å². The molecular formula is C18H26N6O4S. The molecule has 0 radical (unpaired) electrons. The third-order valence-electron chi connectivity index (χ3n) is 4.32. The van der Waals surface area contributed by atoms with Crippen molar-refractivity contribution >= 4 is 21.8 Å². The van der Waals surface area contributed by atoms with Crippen LogP contribution in [0.2, 0.25) is 0 Å². The molecule has 2 rings (SSSR count). The highest BCUT2D eigenvalue weighted by Gasteiger charge is 2.27. The molecular weight excluding hydrogens is 396 g/mol. The van der Waals surface area contributed by atoms with E-state index >= 15 is 0 Å². The van der Waals surface area contributed by atoms with Crippen LogP contribution in [0, 0.1) is 5.92 Å². The lowest BCUT2D eigenvalue weighted by molar-refractivity contribution is -0.119. The van der Waals surface area contributed by atoms with Crippen molar-refractivity contribution in [1.29, 1.82) is 0 Å². The average Bonchev–Trinajstić information content (AvgIpc) is 3.19. The third-order valence-corrected chi connectivity index (χ3v) is 6.36. The molecule has 2 N–H and O–H groups in total. The van der Waals surface area contributed by atoms with Crippen LogP contribution in [0.15, 0.2) is 41.8 Å². The van der Waals surface area contributed by atoms with Crippen LogP contribution in [-0.2, 0) is 14.8 Å². The molecule has 2 aromatic rings. The molecule has 0 aliphatic heterocycles. The van der Waals surface area contributed by atoms with Crippen LogP contribution < -0.4 is 10.7 Å². The minimum atomic E-state index is -3.70. The van der Waals surface area contributed by atoms with Gasteiger partial charge in [0, 0.05) is 18.7 Å². The highest BCUT2D eigenvalue weighted by Crippen LogP contribution is 2.17. The molecule has 158 valence electrons. The Bertz CT molecular complexity index is 939. The maximum atomic E-state index is 12.7. The number of amides is 2. The highest BCUT2D eigenvalue weighted by molar-refractivity contribution is 7.89. The van der Waals surface area contributed by atoms with Crippen LogP contribution in [0.25, 0.3) is 0 Å². The van der Waals surface area contributed by atoms with Crippen molar-refractivity contribution in [3.63, 3.8) is 0 Å². The van der Waals surface area contributed by atoms with Gasteiger partial charge in [-0.05, 0) is 24.1 Å². The van der Waals surface area contributed by atoms with Crippen LogP contribution in [0.3, 0.4) is 0 Å². The quantitative estimate of drug-likeness (QED) is 0.616. The smallest absolute Gasteiger partial charge is 0.262 e. The number of aromatic nitrogens is 3. The number of rotatable bonds is 9. The number of nitrogens with one attached hydrogen (secondary N) is 2. The van der Waals surface area contributed by atoms with E-state index in [1.807, 2.05) is 0 Å². The summed E-state index contributed by atoms with van der Waals surface area (Å²) >= 11 is 0. The van der Waals surface area contributed by atoms with E-state index in [1.165, 1.54) is 41.2 Å². The van der Waals surface area contributed by atoms with Gasteiger partial charge in [0.2, 0.25) is 10.0 Å². The first kappa shape index (κ1) is 22.5. The molecule has 0 bridgehead atoms. The molecule has 1 aromatic heterocycles. The molecule has 1 unspecified atom stereocenters. The Morgan fingerprint density at radius 2 is 1.90 bits per heavy atom. The van der Waals surface area contributed by atoms with Gasteiger partial charge in [0.25, 0.3) is 11.8 Å². The van der Waals surface area contributed by atoms with Gasteiger partial charge in [-0.2, -0.15) is 9.10 Å². The Morgan fingerprint density at radius 1 is 1.21 bits per heavy atom. The summed E-state index contributed by atoms with van der Waals surface area (Å²) in [5.74, 6) is -1.23. The van der Waals surface area contributed by atoms with Gasteiger partial charge < -0.3 is 5.32 Å². The maximum Gasteiger partial charge on any atom is 0.262 e. The van der Waals surface area contributed by atoms with Crippen molar-refractivity contribution in [3.05, 3.63) is 42.5 Å². The zero-order chi connectivity index (χ0) is 21.6. The maximum absolute atomic E-state index is 12.7. The Kier molecular flexibility index (Phi) is 7.46. The molecule has 1 heterocycles. The first-order chi connectivity index (χ1) is 13.7. The summed E-state index contributed by atoms with van der Waals surface area (Å²) in [7, 11) is -3.70. The first-order valence-electron chi connectivity index (χ1n) is 9.27. The summed E-state index contributed by atoms with van der Waals surface area (Å²) in [6.45, 7) is 7.72. The van der Waals surface area contributed by atoms with Gasteiger partial charge in [-0.3, -0.25) is 9.59 Å². The van der Waals surface area contributed by atoms with E-state index in [0.717, 1.165) is 4.79 Å². The molecule has 2 amide bonds. The fourth-order valence-corrected chi connectivity index (χ4v) is 4.22. The van der Waals surface area contributed by atoms with Gasteiger partial charge in [0.1, 0.15) is 18.7 Å². The standard InChI is InChI=1S/C18H26N6O4S/c1-5-23(6-2)29(27,28)15-9-7-8-14(10-15)17(25)21-16(13(3)4)18(26)22-24-12-19-11-20-24/h7-13,16H,5-6H2,1-4H3,(H,21,25)(H,22,26). The van der Waals surface area contributed by atoms with E-state index in [4.69, 9.17) is 0 Å². The zero-order valence-electron chi connectivity index (χ0n) is 16.9. The van der Waals surface area contributed by atoms with E-state index in [0.29, 0.717) is 13.1 Å². The second-order valence-electron chi connectivity index (χ2n) is 6.63. The highest BCUT2D eigenvalue weighted by atomic mass is 32.2. The van der Waals surface area contributed by atoms with Crippen molar-refractivity contribution < 1.29 is 18.0 Å². The minimum absolute atomic E-state index is 0.0296. The van der Waals surface area contributed by atoms with Crippen molar-refractivity contribution in [2.24, 2.45) is 5.92 Å². The zero-order valence-corrected chi connectivity index (χ0v) is 17.7. The van der Waals surface area contributed by atoms with Crippen molar-refractivity contribution in [2.75, 3.05) is 18.5 Å². The van der Waals surface area contributed by atoms with Gasteiger partial charge in [-0.25, -0.2) is 18.8 Å². The summed E-state index contributed by atoms with van der Waals surface area (Å²) in [4.78, 5) is 30.1. The van der Waals surface area contributed by atoms with Gasteiger partial charge in [0.05, 0.1) is 4.90 Å². The molecule has 1 aromatic carbocycles. The molecule has 0 saturated heterocycles. The normalized spacial score (nSPS) is 12.8. The largest absolute Gasteiger partial charge is 0.340 e. The van der Waals surface area contributed by atoms with E-state index in [2.05, 4.69) is 20.8 Å². The van der Waals surface area contributed by atoms with Gasteiger partial charge in [0.15, 0.2) is 0 Å². The number of carbonyl (C=O) groups is 2. The summed E-state index contributed by atoms with van der Waals surface area (Å²) < 4.78 is 26.7.